The van der Waals surface area contributed by atoms with E-state index in [1.807, 2.05) is 71.6 Å². The third kappa shape index (κ3) is 3.31. The van der Waals surface area contributed by atoms with Gasteiger partial charge in [-0.25, -0.2) is 4.98 Å². The average molecular weight is 380 g/mol. The molecule has 5 nitrogen and oxygen atoms in total. The molecule has 0 unspecified atom stereocenters. The van der Waals surface area contributed by atoms with E-state index >= 15 is 0 Å². The highest BCUT2D eigenvalue weighted by Gasteiger charge is 2.33. The number of carbonyl (C=O) groups excluding carboxylic acids is 1. The van der Waals surface area contributed by atoms with Gasteiger partial charge in [0.1, 0.15) is 11.9 Å². The Kier molecular flexibility index (Phi) is 4.41. The van der Waals surface area contributed by atoms with Crippen molar-refractivity contribution in [3.8, 4) is 0 Å². The second kappa shape index (κ2) is 7.36. The van der Waals surface area contributed by atoms with Gasteiger partial charge >= 0.3 is 0 Å². The molecular formula is C24H20N4O. The molecule has 1 aliphatic rings. The van der Waals surface area contributed by atoms with Gasteiger partial charge in [-0.15, -0.1) is 0 Å². The maximum absolute atomic E-state index is 13.3. The lowest BCUT2D eigenvalue weighted by atomic mass is 10.0. The van der Waals surface area contributed by atoms with Crippen LogP contribution >= 0.6 is 0 Å². The number of aromatic nitrogens is 2. The van der Waals surface area contributed by atoms with E-state index in [-0.39, 0.29) is 12.1 Å². The number of para-hydroxylation sites is 3. The summed E-state index contributed by atoms with van der Waals surface area (Å²) < 4.78 is 0. The van der Waals surface area contributed by atoms with Crippen LogP contribution in [0.5, 0.6) is 0 Å². The summed E-state index contributed by atoms with van der Waals surface area (Å²) in [4.78, 5) is 24.5. The van der Waals surface area contributed by atoms with Crippen molar-refractivity contribution in [3.63, 3.8) is 0 Å². The molecule has 4 aromatic rings. The van der Waals surface area contributed by atoms with Crippen molar-refractivity contribution >= 4 is 22.6 Å². The Morgan fingerprint density at radius 2 is 1.59 bits per heavy atom. The fraction of sp³-hybridized carbons (Fsp3) is 0.125. The van der Waals surface area contributed by atoms with Crippen LogP contribution in [0.25, 0.3) is 11.0 Å². The number of amides is 1. The van der Waals surface area contributed by atoms with Gasteiger partial charge in [-0.1, -0.05) is 54.6 Å². The molecule has 0 bridgehead atoms. The van der Waals surface area contributed by atoms with Gasteiger partial charge in [0.05, 0.1) is 22.8 Å². The van der Waals surface area contributed by atoms with Gasteiger partial charge in [0.25, 0.3) is 5.91 Å². The molecule has 29 heavy (non-hydrogen) atoms. The summed E-state index contributed by atoms with van der Waals surface area (Å²) in [6, 6.07) is 25.6. The lowest BCUT2D eigenvalue weighted by Gasteiger charge is -2.37. The van der Waals surface area contributed by atoms with Crippen molar-refractivity contribution in [1.29, 1.82) is 0 Å². The molecule has 1 amide bonds. The second-order valence-electron chi connectivity index (χ2n) is 7.11. The first-order valence-corrected chi connectivity index (χ1v) is 9.72. The predicted octanol–water partition coefficient (Wildman–Crippen LogP) is 4.44. The zero-order valence-corrected chi connectivity index (χ0v) is 15.8. The van der Waals surface area contributed by atoms with Crippen LogP contribution in [0, 0.1) is 0 Å². The number of nitrogens with one attached hydrogen (secondary N) is 1. The highest BCUT2D eigenvalue weighted by molar-refractivity contribution is 6.01. The third-order valence-electron chi connectivity index (χ3n) is 5.25. The number of anilines is 1. The molecule has 1 N–H and O–H groups in total. The summed E-state index contributed by atoms with van der Waals surface area (Å²) in [6.07, 6.45) is 2.17. The van der Waals surface area contributed by atoms with Crippen LogP contribution in [0.2, 0.25) is 0 Å². The molecular weight excluding hydrogens is 360 g/mol. The Hall–Kier alpha value is -3.73. The van der Waals surface area contributed by atoms with Crippen LogP contribution in [0.1, 0.15) is 27.8 Å². The zero-order chi connectivity index (χ0) is 19.6. The highest BCUT2D eigenvalue weighted by Crippen LogP contribution is 2.32. The largest absolute Gasteiger partial charge is 0.359 e. The summed E-state index contributed by atoms with van der Waals surface area (Å²) in [5.74, 6) is 0.00948. The first-order chi connectivity index (χ1) is 14.3. The number of rotatable bonds is 4. The molecule has 0 aliphatic carbocycles. The molecule has 5 rings (SSSR count). The zero-order valence-electron chi connectivity index (χ0n) is 15.8. The third-order valence-corrected chi connectivity index (χ3v) is 5.25. The van der Waals surface area contributed by atoms with Crippen molar-refractivity contribution in [1.82, 2.24) is 14.9 Å². The summed E-state index contributed by atoms with van der Waals surface area (Å²) in [7, 11) is 0. The number of hydrogen-bond donors (Lipinski definition) is 1. The predicted molar refractivity (Wildman–Crippen MR) is 114 cm³/mol. The van der Waals surface area contributed by atoms with Crippen molar-refractivity contribution in [2.45, 2.75) is 12.6 Å². The molecule has 0 radical (unpaired) electrons. The van der Waals surface area contributed by atoms with Crippen LogP contribution in [0.4, 0.5) is 5.69 Å². The Morgan fingerprint density at radius 3 is 2.45 bits per heavy atom. The molecule has 2 heterocycles. The van der Waals surface area contributed by atoms with E-state index < -0.39 is 0 Å². The standard InChI is InChI=1S/C24H20N4O/c29-24-18-10-4-5-11-19(18)27-23(28(24)15-14-17-8-2-1-3-9-17)22-16-25-20-12-6-7-13-21(20)26-22/h1-13,16,23,27H,14-15H2/t23-/m1/s1. The molecule has 0 fully saturated rings. The molecule has 1 aliphatic heterocycles. The molecule has 142 valence electrons. The van der Waals surface area contributed by atoms with Gasteiger partial charge in [-0.2, -0.15) is 0 Å². The summed E-state index contributed by atoms with van der Waals surface area (Å²) in [6.45, 7) is 0.587. The first kappa shape index (κ1) is 17.4. The first-order valence-electron chi connectivity index (χ1n) is 9.72. The smallest absolute Gasteiger partial charge is 0.257 e. The van der Waals surface area contributed by atoms with Crippen molar-refractivity contribution in [3.05, 3.63) is 102 Å². The van der Waals surface area contributed by atoms with Gasteiger partial charge in [0.15, 0.2) is 0 Å². The van der Waals surface area contributed by atoms with E-state index in [2.05, 4.69) is 22.4 Å². The average Bonchev–Trinajstić information content (AvgIpc) is 2.79. The van der Waals surface area contributed by atoms with Crippen LogP contribution in [0.3, 0.4) is 0 Å². The molecule has 0 spiro atoms. The highest BCUT2D eigenvalue weighted by atomic mass is 16.2. The maximum atomic E-state index is 13.3. The van der Waals surface area contributed by atoms with Gasteiger partial charge < -0.3 is 10.2 Å². The number of fused-ring (bicyclic) bond motifs is 2. The summed E-state index contributed by atoms with van der Waals surface area (Å²) in [5.41, 5.74) is 5.11. The molecule has 3 aromatic carbocycles. The fourth-order valence-electron chi connectivity index (χ4n) is 3.75. The Morgan fingerprint density at radius 1 is 0.862 bits per heavy atom. The number of hydrogen-bond acceptors (Lipinski definition) is 4. The van der Waals surface area contributed by atoms with Gasteiger partial charge in [0, 0.05) is 12.2 Å². The number of benzene rings is 3. The molecule has 5 heteroatoms. The second-order valence-corrected chi connectivity index (χ2v) is 7.11. The lowest BCUT2D eigenvalue weighted by Crippen LogP contribution is -2.44. The van der Waals surface area contributed by atoms with E-state index in [1.54, 1.807) is 6.20 Å². The van der Waals surface area contributed by atoms with Crippen LogP contribution in [-0.4, -0.2) is 27.3 Å². The molecule has 1 atom stereocenters. The summed E-state index contributed by atoms with van der Waals surface area (Å²) in [5, 5.41) is 3.50. The summed E-state index contributed by atoms with van der Waals surface area (Å²) >= 11 is 0. The van der Waals surface area contributed by atoms with Crippen LogP contribution in [0.15, 0.2) is 85.1 Å². The number of nitrogens with zero attached hydrogens (tertiary/aromatic N) is 3. The minimum Gasteiger partial charge on any atom is -0.359 e. The Balaban J connectivity index is 1.53. The fourth-order valence-corrected chi connectivity index (χ4v) is 3.75. The molecule has 0 saturated heterocycles. The Labute approximate surface area is 169 Å². The number of carbonyl (C=O) groups is 1. The maximum Gasteiger partial charge on any atom is 0.257 e. The SMILES string of the molecule is O=C1c2ccccc2N[C@@H](c2cnc3ccccc3n2)N1CCc1ccccc1. The quantitative estimate of drug-likeness (QED) is 0.569. The topological polar surface area (TPSA) is 58.1 Å². The Bertz CT molecular complexity index is 1180. The van der Waals surface area contributed by atoms with E-state index in [4.69, 9.17) is 4.98 Å². The van der Waals surface area contributed by atoms with E-state index in [0.29, 0.717) is 12.1 Å². The van der Waals surface area contributed by atoms with Crippen molar-refractivity contribution in [2.75, 3.05) is 11.9 Å². The normalized spacial score (nSPS) is 15.8. The van der Waals surface area contributed by atoms with Crippen LogP contribution in [-0.2, 0) is 6.42 Å². The minimum absolute atomic E-state index is 0.00948. The van der Waals surface area contributed by atoms with E-state index in [0.717, 1.165) is 28.8 Å². The molecule has 1 aromatic heterocycles. The van der Waals surface area contributed by atoms with Crippen molar-refractivity contribution < 1.29 is 4.79 Å². The van der Waals surface area contributed by atoms with Crippen molar-refractivity contribution in [2.24, 2.45) is 0 Å². The molecule has 0 saturated carbocycles. The van der Waals surface area contributed by atoms with Gasteiger partial charge in [-0.3, -0.25) is 9.78 Å². The monoisotopic (exact) mass is 380 g/mol. The van der Waals surface area contributed by atoms with Crippen LogP contribution < -0.4 is 5.32 Å². The van der Waals surface area contributed by atoms with E-state index in [1.165, 1.54) is 5.56 Å². The van der Waals surface area contributed by atoms with E-state index in [9.17, 15) is 4.79 Å². The van der Waals surface area contributed by atoms with Gasteiger partial charge in [0.2, 0.25) is 0 Å². The van der Waals surface area contributed by atoms with Gasteiger partial charge in [-0.05, 0) is 36.2 Å². The lowest BCUT2D eigenvalue weighted by molar-refractivity contribution is 0.0682. The minimum atomic E-state index is -0.363.